The molecule has 176 valence electrons. The summed E-state index contributed by atoms with van der Waals surface area (Å²) in [5.74, 6) is -0.347. The van der Waals surface area contributed by atoms with E-state index in [4.69, 9.17) is 0 Å². The lowest BCUT2D eigenvalue weighted by Gasteiger charge is -2.36. The van der Waals surface area contributed by atoms with E-state index >= 15 is 0 Å². The van der Waals surface area contributed by atoms with E-state index in [9.17, 15) is 9.59 Å². The minimum absolute atomic E-state index is 0.0116. The Bertz CT molecular complexity index is 997. The molecule has 0 saturated heterocycles. The Morgan fingerprint density at radius 3 is 2.52 bits per heavy atom. The lowest BCUT2D eigenvalue weighted by atomic mass is 9.95. The molecule has 1 aliphatic carbocycles. The topological polar surface area (TPSA) is 49.4 Å². The largest absolute Gasteiger partial charge is 0.353 e. The average molecular weight is 465 g/mol. The maximum Gasteiger partial charge on any atom is 0.241 e. The molecule has 4 rings (SSSR count). The van der Waals surface area contributed by atoms with Crippen LogP contribution in [0, 0.1) is 19.8 Å². The molecule has 2 unspecified atom stereocenters. The lowest BCUT2D eigenvalue weighted by Crippen LogP contribution is -2.48. The van der Waals surface area contributed by atoms with E-state index in [0.29, 0.717) is 6.54 Å². The van der Waals surface area contributed by atoms with E-state index in [1.807, 2.05) is 30.0 Å². The van der Waals surface area contributed by atoms with Crippen molar-refractivity contribution in [3.8, 4) is 0 Å². The van der Waals surface area contributed by atoms with Gasteiger partial charge in [0.15, 0.2) is 0 Å². The van der Waals surface area contributed by atoms with Crippen LogP contribution in [0.25, 0.3) is 0 Å². The number of anilines is 1. The van der Waals surface area contributed by atoms with Gasteiger partial charge in [0.2, 0.25) is 11.8 Å². The molecule has 2 aromatic rings. The van der Waals surface area contributed by atoms with Crippen LogP contribution >= 0.6 is 11.8 Å². The molecule has 0 bridgehead atoms. The summed E-state index contributed by atoms with van der Waals surface area (Å²) in [6.45, 7) is 6.61. The summed E-state index contributed by atoms with van der Waals surface area (Å²) in [4.78, 5) is 29.9. The molecular weight excluding hydrogens is 428 g/mol. The second-order valence-electron chi connectivity index (χ2n) is 9.70. The Kier molecular flexibility index (Phi) is 7.79. The first-order valence-electron chi connectivity index (χ1n) is 12.4. The number of amides is 2. The zero-order valence-corrected chi connectivity index (χ0v) is 20.9. The van der Waals surface area contributed by atoms with Crippen LogP contribution in [-0.2, 0) is 16.1 Å². The van der Waals surface area contributed by atoms with E-state index < -0.39 is 5.25 Å². The first-order valence-corrected chi connectivity index (χ1v) is 13.3. The number of carbonyl (C=O) groups is 2. The van der Waals surface area contributed by atoms with Gasteiger partial charge < -0.3 is 10.2 Å². The van der Waals surface area contributed by atoms with Crippen LogP contribution < -0.4 is 10.2 Å². The Hall–Kier alpha value is -2.27. The van der Waals surface area contributed by atoms with Gasteiger partial charge in [-0.25, -0.2) is 0 Å². The van der Waals surface area contributed by atoms with Gasteiger partial charge in [-0.05, 0) is 49.9 Å². The summed E-state index contributed by atoms with van der Waals surface area (Å²) in [6, 6.07) is 14.7. The molecule has 2 atom stereocenters. The van der Waals surface area contributed by atoms with Crippen molar-refractivity contribution in [2.45, 2.75) is 88.4 Å². The van der Waals surface area contributed by atoms with Crippen LogP contribution in [0.2, 0.25) is 0 Å². The number of fused-ring (bicyclic) bond motifs is 1. The molecule has 2 amide bonds. The van der Waals surface area contributed by atoms with Crippen molar-refractivity contribution in [2.75, 3.05) is 4.90 Å². The van der Waals surface area contributed by atoms with Gasteiger partial charge in [-0.2, -0.15) is 0 Å². The predicted octanol–water partition coefficient (Wildman–Crippen LogP) is 6.18. The van der Waals surface area contributed by atoms with Crippen molar-refractivity contribution in [1.29, 1.82) is 0 Å². The van der Waals surface area contributed by atoms with Crippen LogP contribution in [0.15, 0.2) is 47.4 Å². The summed E-state index contributed by atoms with van der Waals surface area (Å²) in [5.41, 5.74) is 4.45. The van der Waals surface area contributed by atoms with E-state index in [1.54, 1.807) is 11.8 Å². The Morgan fingerprint density at radius 1 is 1.06 bits per heavy atom. The third-order valence-electron chi connectivity index (χ3n) is 7.07. The van der Waals surface area contributed by atoms with Gasteiger partial charge in [0.25, 0.3) is 0 Å². The minimum atomic E-state index is -0.418. The summed E-state index contributed by atoms with van der Waals surface area (Å²) < 4.78 is 0. The second-order valence-corrected chi connectivity index (χ2v) is 10.9. The summed E-state index contributed by atoms with van der Waals surface area (Å²) in [7, 11) is 0. The molecule has 4 nitrogen and oxygen atoms in total. The fourth-order valence-corrected chi connectivity index (χ4v) is 6.22. The number of hydrogen-bond acceptors (Lipinski definition) is 3. The number of hydrogen-bond donors (Lipinski definition) is 1. The van der Waals surface area contributed by atoms with Crippen molar-refractivity contribution in [2.24, 2.45) is 5.92 Å². The van der Waals surface area contributed by atoms with E-state index in [0.717, 1.165) is 29.0 Å². The van der Waals surface area contributed by atoms with Crippen molar-refractivity contribution < 1.29 is 9.59 Å². The number of nitrogens with zero attached hydrogens (tertiary/aromatic N) is 1. The van der Waals surface area contributed by atoms with Gasteiger partial charge in [-0.1, -0.05) is 74.9 Å². The summed E-state index contributed by atoms with van der Waals surface area (Å²) >= 11 is 1.54. The van der Waals surface area contributed by atoms with Gasteiger partial charge in [0, 0.05) is 10.9 Å². The number of thioether (sulfide) groups is 1. The second kappa shape index (κ2) is 10.8. The third kappa shape index (κ3) is 5.63. The Balaban J connectivity index is 1.54. The molecule has 1 heterocycles. The smallest absolute Gasteiger partial charge is 0.241 e. The molecular formula is C28H36N2O2S. The van der Waals surface area contributed by atoms with Gasteiger partial charge >= 0.3 is 0 Å². The summed E-state index contributed by atoms with van der Waals surface area (Å²) in [6.07, 6.45) is 8.25. The Morgan fingerprint density at radius 2 is 1.76 bits per heavy atom. The lowest BCUT2D eigenvalue weighted by molar-refractivity contribution is -0.129. The molecule has 5 heteroatoms. The zero-order chi connectivity index (χ0) is 23.4. The fraction of sp³-hybridized carbons (Fsp3) is 0.500. The molecule has 2 aliphatic rings. The molecule has 0 aromatic heterocycles. The van der Waals surface area contributed by atoms with Gasteiger partial charge in [-0.3, -0.25) is 9.59 Å². The maximum atomic E-state index is 13.8. The van der Waals surface area contributed by atoms with E-state index in [-0.39, 0.29) is 23.8 Å². The average Bonchev–Trinajstić information content (AvgIpc) is 2.79. The van der Waals surface area contributed by atoms with Crippen molar-refractivity contribution in [3.05, 3.63) is 59.2 Å². The standard InChI is InChI=1S/C28H36N2O2S/c1-19-15-16-20(2)22(17-19)18-30-24-13-9-10-14-25(24)33-26(28(30)32)21(3)27(31)29-23-11-7-5-4-6-8-12-23/h9-10,13-17,21,23,26H,4-8,11-12,18H2,1-3H3,(H,29,31). The van der Waals surface area contributed by atoms with E-state index in [2.05, 4.69) is 43.4 Å². The highest BCUT2D eigenvalue weighted by Gasteiger charge is 2.39. The van der Waals surface area contributed by atoms with Crippen LogP contribution in [0.5, 0.6) is 0 Å². The molecule has 33 heavy (non-hydrogen) atoms. The molecule has 1 aliphatic heterocycles. The van der Waals surface area contributed by atoms with E-state index in [1.165, 1.54) is 43.2 Å². The van der Waals surface area contributed by atoms with Gasteiger partial charge in [-0.15, -0.1) is 11.8 Å². The monoisotopic (exact) mass is 464 g/mol. The zero-order valence-electron chi connectivity index (χ0n) is 20.1. The fourth-order valence-electron chi connectivity index (χ4n) is 4.93. The van der Waals surface area contributed by atoms with Gasteiger partial charge in [0.05, 0.1) is 18.2 Å². The number of benzene rings is 2. The SMILES string of the molecule is Cc1ccc(C)c(CN2C(=O)C(C(C)C(=O)NC3CCCCCCC3)Sc3ccccc32)c1. The van der Waals surface area contributed by atoms with Crippen molar-refractivity contribution in [3.63, 3.8) is 0 Å². The molecule has 1 fully saturated rings. The molecule has 0 spiro atoms. The van der Waals surface area contributed by atoms with Crippen molar-refractivity contribution >= 4 is 29.3 Å². The highest BCUT2D eigenvalue weighted by Crippen LogP contribution is 2.42. The molecule has 2 aromatic carbocycles. The predicted molar refractivity (Wildman–Crippen MR) is 137 cm³/mol. The number of aryl methyl sites for hydroxylation is 2. The number of para-hydroxylation sites is 1. The van der Waals surface area contributed by atoms with Crippen LogP contribution in [-0.4, -0.2) is 23.1 Å². The van der Waals surface area contributed by atoms with Crippen LogP contribution in [0.4, 0.5) is 5.69 Å². The number of rotatable bonds is 5. The van der Waals surface area contributed by atoms with Gasteiger partial charge in [0.1, 0.15) is 5.25 Å². The highest BCUT2D eigenvalue weighted by molar-refractivity contribution is 8.01. The Labute approximate surface area is 202 Å². The first-order chi connectivity index (χ1) is 15.9. The molecule has 1 N–H and O–H groups in total. The number of carbonyl (C=O) groups excluding carboxylic acids is 2. The quantitative estimate of drug-likeness (QED) is 0.575. The van der Waals surface area contributed by atoms with Crippen molar-refractivity contribution in [1.82, 2.24) is 5.32 Å². The van der Waals surface area contributed by atoms with Crippen LogP contribution in [0.3, 0.4) is 0 Å². The molecule has 0 radical (unpaired) electrons. The first kappa shape index (κ1) is 23.9. The highest BCUT2D eigenvalue weighted by atomic mass is 32.2. The van der Waals surface area contributed by atoms with Crippen LogP contribution in [0.1, 0.15) is 68.6 Å². The minimum Gasteiger partial charge on any atom is -0.353 e. The molecule has 1 saturated carbocycles. The summed E-state index contributed by atoms with van der Waals surface area (Å²) in [5, 5.41) is 2.87. The normalized spacial score (nSPS) is 20.5. The number of nitrogens with one attached hydrogen (secondary N) is 1. The maximum absolute atomic E-state index is 13.8. The third-order valence-corrected chi connectivity index (χ3v) is 8.53.